The molecule has 0 unspecified atom stereocenters. The number of hydrogen-bond donors (Lipinski definition) is 0. The number of hydrogen-bond acceptors (Lipinski definition) is 5. The monoisotopic (exact) mass is 652 g/mol. The zero-order valence-corrected chi connectivity index (χ0v) is 27.6. The van der Waals surface area contributed by atoms with Crippen molar-refractivity contribution in [1.29, 1.82) is 0 Å². The molecule has 1 aromatic heterocycles. The van der Waals surface area contributed by atoms with Crippen molar-refractivity contribution in [3.63, 3.8) is 0 Å². The van der Waals surface area contributed by atoms with Gasteiger partial charge in [0, 0.05) is 36.9 Å². The zero-order valence-electron chi connectivity index (χ0n) is 27.6. The van der Waals surface area contributed by atoms with Gasteiger partial charge in [0.25, 0.3) is 0 Å². The fourth-order valence-corrected chi connectivity index (χ4v) is 7.31. The van der Waals surface area contributed by atoms with Crippen molar-refractivity contribution < 1.29 is 23.6 Å². The summed E-state index contributed by atoms with van der Waals surface area (Å²) in [6.45, 7) is 1.24. The molecule has 49 heavy (non-hydrogen) atoms. The number of fused-ring (bicyclic) bond motifs is 1. The highest BCUT2D eigenvalue weighted by molar-refractivity contribution is 5.93. The van der Waals surface area contributed by atoms with Crippen LogP contribution in [0, 0.1) is 0 Å². The molecule has 0 spiro atoms. The molecule has 0 saturated carbocycles. The van der Waals surface area contributed by atoms with E-state index in [0.717, 1.165) is 51.6 Å². The van der Waals surface area contributed by atoms with Crippen molar-refractivity contribution in [3.05, 3.63) is 131 Å². The third-order valence-electron chi connectivity index (χ3n) is 9.86. The Morgan fingerprint density at radius 2 is 1.04 bits per heavy atom. The third kappa shape index (κ3) is 7.41. The first-order valence-corrected chi connectivity index (χ1v) is 17.3. The molecular weight excluding hydrogens is 612 g/mol. The van der Waals surface area contributed by atoms with E-state index in [4.69, 9.17) is 4.42 Å². The van der Waals surface area contributed by atoms with Gasteiger partial charge in [-0.25, -0.2) is 0 Å². The summed E-state index contributed by atoms with van der Waals surface area (Å²) in [5.74, 6) is 0.844. The maximum Gasteiger partial charge on any atom is 0.227 e. The number of amides is 2. The molecule has 2 fully saturated rings. The summed E-state index contributed by atoms with van der Waals surface area (Å²) < 4.78 is 6.16. The number of likely N-dealkylation sites (tertiary alicyclic amines) is 2. The second-order valence-corrected chi connectivity index (χ2v) is 13.3. The molecule has 0 radical (unpaired) electrons. The molecule has 3 heterocycles. The van der Waals surface area contributed by atoms with Gasteiger partial charge in [-0.05, 0) is 66.1 Å². The molecule has 2 atom stereocenters. The Morgan fingerprint density at radius 3 is 1.59 bits per heavy atom. The van der Waals surface area contributed by atoms with Gasteiger partial charge in [-0.1, -0.05) is 91.0 Å². The molecule has 2 aliphatic rings. The summed E-state index contributed by atoms with van der Waals surface area (Å²) in [5.41, 5.74) is 5.33. The number of benzene rings is 4. The van der Waals surface area contributed by atoms with E-state index in [9.17, 15) is 19.2 Å². The topological polar surface area (TPSA) is 87.9 Å². The van der Waals surface area contributed by atoms with Crippen LogP contribution in [-0.4, -0.2) is 58.4 Å². The minimum absolute atomic E-state index is 0.00168. The number of rotatable bonds is 11. The van der Waals surface area contributed by atoms with Crippen LogP contribution in [0.5, 0.6) is 0 Å². The second kappa shape index (κ2) is 14.4. The molecule has 248 valence electrons. The predicted octanol–water partition coefficient (Wildman–Crippen LogP) is 6.79. The fourth-order valence-electron chi connectivity index (χ4n) is 7.31. The number of ketones is 2. The average Bonchev–Trinajstić information content (AvgIpc) is 3.90. The standard InChI is InChI=1S/C42H40N2O5/c45-37(35-13-7-21-43(35)41(47)26-29-9-3-1-4-10-29)24-31-15-18-33(19-16-31)40-28-34-23-32(17-20-39(34)49-40)25-38(46)36-14-8-22-44(36)42(48)27-30-11-5-2-6-12-30/h1-6,9-12,15-20,23,28,35-36H,7-8,13-14,21-22,24-27H2/t35-,36-/m0/s1. The molecule has 2 amide bonds. The zero-order chi connectivity index (χ0) is 33.7. The first kappa shape index (κ1) is 32.3. The first-order valence-electron chi connectivity index (χ1n) is 17.3. The minimum atomic E-state index is -0.385. The summed E-state index contributed by atoms with van der Waals surface area (Å²) in [7, 11) is 0. The molecule has 0 N–H and O–H groups in total. The number of carbonyl (C=O) groups excluding carboxylic acids is 4. The lowest BCUT2D eigenvalue weighted by Gasteiger charge is -2.24. The van der Waals surface area contributed by atoms with Crippen LogP contribution in [-0.2, 0) is 44.9 Å². The molecule has 2 aliphatic heterocycles. The van der Waals surface area contributed by atoms with Gasteiger partial charge in [-0.15, -0.1) is 0 Å². The van der Waals surface area contributed by atoms with E-state index >= 15 is 0 Å². The van der Waals surface area contributed by atoms with Crippen molar-refractivity contribution in [1.82, 2.24) is 9.80 Å². The first-order chi connectivity index (χ1) is 23.9. The molecule has 0 bridgehead atoms. The lowest BCUT2D eigenvalue weighted by molar-refractivity contribution is -0.136. The van der Waals surface area contributed by atoms with Crippen LogP contribution in [0.15, 0.2) is 114 Å². The minimum Gasteiger partial charge on any atom is -0.456 e. The van der Waals surface area contributed by atoms with Crippen LogP contribution >= 0.6 is 0 Å². The van der Waals surface area contributed by atoms with Crippen molar-refractivity contribution >= 4 is 34.4 Å². The Kier molecular flexibility index (Phi) is 9.51. The van der Waals surface area contributed by atoms with Crippen LogP contribution in [0.3, 0.4) is 0 Å². The summed E-state index contributed by atoms with van der Waals surface area (Å²) >= 11 is 0. The highest BCUT2D eigenvalue weighted by Crippen LogP contribution is 2.30. The molecule has 2 saturated heterocycles. The Hall–Kier alpha value is -5.30. The normalized spacial score (nSPS) is 17.5. The second-order valence-electron chi connectivity index (χ2n) is 13.3. The molecule has 7 rings (SSSR count). The Morgan fingerprint density at radius 1 is 0.551 bits per heavy atom. The van der Waals surface area contributed by atoms with Gasteiger partial charge in [0.2, 0.25) is 11.8 Å². The average molecular weight is 653 g/mol. The molecule has 4 aromatic carbocycles. The van der Waals surface area contributed by atoms with Crippen LogP contribution in [0.1, 0.15) is 47.9 Å². The Bertz CT molecular complexity index is 1970. The maximum atomic E-state index is 13.4. The smallest absolute Gasteiger partial charge is 0.227 e. The molecule has 7 nitrogen and oxygen atoms in total. The lowest BCUT2D eigenvalue weighted by atomic mass is 9.99. The number of carbonyl (C=O) groups is 4. The summed E-state index contributed by atoms with van der Waals surface area (Å²) in [6, 6.07) is 34.2. The fraction of sp³-hybridized carbons (Fsp3) is 0.286. The Balaban J connectivity index is 0.967. The largest absolute Gasteiger partial charge is 0.456 e. The third-order valence-corrected chi connectivity index (χ3v) is 9.86. The van der Waals surface area contributed by atoms with Gasteiger partial charge in [-0.2, -0.15) is 0 Å². The van der Waals surface area contributed by atoms with E-state index in [1.165, 1.54) is 0 Å². The van der Waals surface area contributed by atoms with E-state index in [2.05, 4.69) is 0 Å². The van der Waals surface area contributed by atoms with E-state index in [1.54, 1.807) is 9.80 Å². The van der Waals surface area contributed by atoms with Crippen molar-refractivity contribution in [2.75, 3.05) is 13.1 Å². The van der Waals surface area contributed by atoms with Crippen molar-refractivity contribution in [2.45, 2.75) is 63.5 Å². The van der Waals surface area contributed by atoms with Gasteiger partial charge < -0.3 is 14.2 Å². The number of nitrogens with zero attached hydrogens (tertiary/aromatic N) is 2. The van der Waals surface area contributed by atoms with E-state index in [0.29, 0.717) is 44.5 Å². The molecule has 5 aromatic rings. The van der Waals surface area contributed by atoms with E-state index in [1.807, 2.05) is 109 Å². The summed E-state index contributed by atoms with van der Waals surface area (Å²) in [5, 5.41) is 0.907. The molecular formula is C42H40N2O5. The van der Waals surface area contributed by atoms with Crippen LogP contribution in [0.4, 0.5) is 0 Å². The van der Waals surface area contributed by atoms with Crippen molar-refractivity contribution in [3.8, 4) is 11.3 Å². The highest BCUT2D eigenvalue weighted by Gasteiger charge is 2.34. The maximum absolute atomic E-state index is 13.4. The van der Waals surface area contributed by atoms with Gasteiger partial charge in [0.1, 0.15) is 11.3 Å². The number of furan rings is 1. The molecule has 7 heteroatoms. The highest BCUT2D eigenvalue weighted by atomic mass is 16.3. The lowest BCUT2D eigenvalue weighted by Crippen LogP contribution is -2.41. The molecule has 0 aliphatic carbocycles. The quantitative estimate of drug-likeness (QED) is 0.157. The summed E-state index contributed by atoms with van der Waals surface area (Å²) in [4.78, 5) is 56.3. The Labute approximate surface area is 286 Å². The van der Waals surface area contributed by atoms with E-state index in [-0.39, 0.29) is 48.3 Å². The van der Waals surface area contributed by atoms with Gasteiger partial charge in [0.15, 0.2) is 11.6 Å². The summed E-state index contributed by atoms with van der Waals surface area (Å²) in [6.07, 6.45) is 4.22. The van der Waals surface area contributed by atoms with Crippen LogP contribution < -0.4 is 0 Å². The SMILES string of the molecule is O=C(Cc1ccc(-c2cc3cc(CC(=O)[C@@H]4CCCN4C(=O)Cc4ccccc4)ccc3o2)cc1)[C@@H]1CCCN1C(=O)Cc1ccccc1. The van der Waals surface area contributed by atoms with Crippen molar-refractivity contribution in [2.24, 2.45) is 0 Å². The van der Waals surface area contributed by atoms with Gasteiger partial charge >= 0.3 is 0 Å². The van der Waals surface area contributed by atoms with E-state index < -0.39 is 0 Å². The van der Waals surface area contributed by atoms with Crippen LogP contribution in [0.25, 0.3) is 22.3 Å². The predicted molar refractivity (Wildman–Crippen MR) is 189 cm³/mol. The van der Waals surface area contributed by atoms with Gasteiger partial charge in [0.05, 0.1) is 24.9 Å². The number of Topliss-reactive ketones (excluding diaryl/α,β-unsaturated/α-hetero) is 2. The van der Waals surface area contributed by atoms with Gasteiger partial charge in [-0.3, -0.25) is 19.2 Å². The van der Waals surface area contributed by atoms with Crippen LogP contribution in [0.2, 0.25) is 0 Å².